The highest BCUT2D eigenvalue weighted by Crippen LogP contribution is 2.52. The molecule has 0 aromatic heterocycles. The number of rotatable bonds is 2. The van der Waals surface area contributed by atoms with Crippen molar-refractivity contribution in [1.82, 2.24) is 4.57 Å². The van der Waals surface area contributed by atoms with Gasteiger partial charge in [0.05, 0.1) is 0 Å². The zero-order valence-corrected chi connectivity index (χ0v) is 12.4. The molecule has 0 heterocycles. The summed E-state index contributed by atoms with van der Waals surface area (Å²) in [6, 6.07) is 0. The molecule has 0 saturated carbocycles. The summed E-state index contributed by atoms with van der Waals surface area (Å²) in [7, 11) is 2.93. The van der Waals surface area contributed by atoms with Gasteiger partial charge in [0.2, 0.25) is 0 Å². The largest absolute Gasteiger partial charge is 0.328 e. The molecule has 0 amide bonds. The Labute approximate surface area is 96.0 Å². The van der Waals surface area contributed by atoms with Crippen molar-refractivity contribution in [1.29, 1.82) is 0 Å². The van der Waals surface area contributed by atoms with E-state index >= 15 is 0 Å². The summed E-state index contributed by atoms with van der Waals surface area (Å²) in [6.07, 6.45) is 3.71. The van der Waals surface area contributed by atoms with E-state index in [1.165, 1.54) is 16.7 Å². The van der Waals surface area contributed by atoms with E-state index in [-0.39, 0.29) is 5.04 Å². The molecule has 1 nitrogen and oxygen atoms in total. The highest BCUT2D eigenvalue weighted by molar-refractivity contribution is 6.78. The minimum atomic E-state index is -1.48. The van der Waals surface area contributed by atoms with E-state index in [2.05, 4.69) is 65.5 Å². The van der Waals surface area contributed by atoms with Gasteiger partial charge in [0.25, 0.3) is 0 Å². The fourth-order valence-electron chi connectivity index (χ4n) is 2.28. The molecule has 0 spiro atoms. The van der Waals surface area contributed by atoms with E-state index in [0.717, 1.165) is 0 Å². The smallest absolute Gasteiger partial charge is 0.136 e. The molecule has 0 bridgehead atoms. The maximum absolute atomic E-state index is 3.71. The van der Waals surface area contributed by atoms with Crippen molar-refractivity contribution in [2.24, 2.45) is 0 Å². The van der Waals surface area contributed by atoms with Crippen molar-refractivity contribution in [2.45, 2.75) is 45.8 Å². The first-order valence-electron chi connectivity index (χ1n) is 5.62. The Kier molecular flexibility index (Phi) is 3.05. The Morgan fingerprint density at radius 3 is 1.87 bits per heavy atom. The second kappa shape index (κ2) is 3.60. The summed E-state index contributed by atoms with van der Waals surface area (Å²) < 4.78 is 2.43. The van der Waals surface area contributed by atoms with Crippen molar-refractivity contribution in [2.75, 3.05) is 14.1 Å². The zero-order valence-electron chi connectivity index (χ0n) is 11.4. The van der Waals surface area contributed by atoms with Gasteiger partial charge in [0.15, 0.2) is 0 Å². The lowest BCUT2D eigenvalue weighted by molar-refractivity contribution is 0.578. The van der Waals surface area contributed by atoms with E-state index in [9.17, 15) is 0 Å². The van der Waals surface area contributed by atoms with Crippen LogP contribution in [0.1, 0.15) is 27.7 Å². The summed E-state index contributed by atoms with van der Waals surface area (Å²) in [6.45, 7) is 13.9. The van der Waals surface area contributed by atoms with E-state index < -0.39 is 8.24 Å². The molecule has 0 saturated heterocycles. The highest BCUT2D eigenvalue weighted by Gasteiger charge is 2.47. The van der Waals surface area contributed by atoms with Crippen LogP contribution >= 0.6 is 0 Å². The van der Waals surface area contributed by atoms with Gasteiger partial charge >= 0.3 is 0 Å². The van der Waals surface area contributed by atoms with E-state index in [4.69, 9.17) is 0 Å². The van der Waals surface area contributed by atoms with E-state index in [1.807, 2.05) is 0 Å². The van der Waals surface area contributed by atoms with Gasteiger partial charge in [-0.2, -0.15) is 0 Å². The molecule has 0 aromatic carbocycles. The molecule has 85 valence electrons. The van der Waals surface area contributed by atoms with Crippen LogP contribution in [0.15, 0.2) is 16.7 Å². The van der Waals surface area contributed by atoms with E-state index in [1.54, 1.807) is 0 Å². The fourth-order valence-corrected chi connectivity index (χ4v) is 4.77. The van der Waals surface area contributed by atoms with Gasteiger partial charge in [-0.15, -0.1) is 0 Å². The monoisotopic (exact) mass is 222 g/mol. The average Bonchev–Trinajstić information content (AvgIpc) is 2.31. The molecule has 0 fully saturated rings. The molecular weight excluding hydrogens is 198 g/mol. The van der Waals surface area contributed by atoms with E-state index in [0.29, 0.717) is 0 Å². The van der Waals surface area contributed by atoms with Crippen molar-refractivity contribution in [3.63, 3.8) is 0 Å². The Balaban J connectivity index is 3.28. The maximum Gasteiger partial charge on any atom is 0.136 e. The van der Waals surface area contributed by atoms with Gasteiger partial charge < -0.3 is 4.57 Å². The molecule has 1 radical (unpaired) electrons. The number of hydrogen-bond donors (Lipinski definition) is 0. The summed E-state index contributed by atoms with van der Waals surface area (Å²) in [5.41, 5.74) is 4.31. The topological polar surface area (TPSA) is 3.24 Å². The van der Waals surface area contributed by atoms with Gasteiger partial charge in [-0.1, -0.05) is 25.6 Å². The Morgan fingerprint density at radius 1 is 1.13 bits per heavy atom. The highest BCUT2D eigenvalue weighted by atomic mass is 28.3. The first kappa shape index (κ1) is 12.7. The molecule has 0 N–H and O–H groups in total. The quantitative estimate of drug-likeness (QED) is 0.645. The predicted molar refractivity (Wildman–Crippen MR) is 70.3 cm³/mol. The van der Waals surface area contributed by atoms with Crippen molar-refractivity contribution >= 4 is 8.24 Å². The summed E-state index contributed by atoms with van der Waals surface area (Å²) in [5.74, 6) is 0. The number of allylic oxidation sites excluding steroid dienone is 4. The lowest BCUT2D eigenvalue weighted by Gasteiger charge is -2.44. The van der Waals surface area contributed by atoms with Crippen LogP contribution in [0.2, 0.25) is 18.1 Å². The average molecular weight is 222 g/mol. The zero-order chi connectivity index (χ0) is 12.0. The van der Waals surface area contributed by atoms with Gasteiger partial charge in [0.1, 0.15) is 8.24 Å². The van der Waals surface area contributed by atoms with Crippen LogP contribution in [-0.2, 0) is 0 Å². The first-order chi connectivity index (χ1) is 6.64. The van der Waals surface area contributed by atoms with Gasteiger partial charge in [-0.05, 0) is 52.1 Å². The molecular formula is C13H24NSi. The minimum Gasteiger partial charge on any atom is -0.328 e. The van der Waals surface area contributed by atoms with Crippen LogP contribution in [-0.4, -0.2) is 26.9 Å². The Hall–Kier alpha value is -0.343. The molecule has 1 unspecified atom stereocenters. The normalized spacial score (nSPS) is 27.7. The molecule has 1 aliphatic carbocycles. The second-order valence-electron chi connectivity index (χ2n) is 5.58. The maximum atomic E-state index is 3.71. The third-order valence-corrected chi connectivity index (χ3v) is 9.84. The van der Waals surface area contributed by atoms with Crippen LogP contribution in [0.25, 0.3) is 0 Å². The van der Waals surface area contributed by atoms with Crippen molar-refractivity contribution in [3.05, 3.63) is 22.8 Å². The standard InChI is InChI=1S/C13H24NSi/c1-10-9-13(4,12(3)11(10)2)15(7,8)14(5)6/h1-8H3. The summed E-state index contributed by atoms with van der Waals surface area (Å²) in [5, 5.41) is 0.171. The fraction of sp³-hybridized carbons (Fsp3) is 0.692. The molecule has 1 rings (SSSR count). The first-order valence-corrected chi connectivity index (χ1v) is 8.57. The lowest BCUT2D eigenvalue weighted by atomic mass is 10.0. The predicted octanol–water partition coefficient (Wildman–Crippen LogP) is 3.61. The molecule has 1 atom stereocenters. The molecule has 0 aliphatic heterocycles. The van der Waals surface area contributed by atoms with Gasteiger partial charge in [0, 0.05) is 5.04 Å². The SMILES string of the molecule is CC1=[C]C(C)([Si](C)(C)N(C)C)C(C)=C1C. The van der Waals surface area contributed by atoms with Crippen LogP contribution in [0.5, 0.6) is 0 Å². The molecule has 0 aromatic rings. The summed E-state index contributed by atoms with van der Waals surface area (Å²) >= 11 is 0. The van der Waals surface area contributed by atoms with Crippen molar-refractivity contribution in [3.8, 4) is 0 Å². The van der Waals surface area contributed by atoms with Crippen LogP contribution in [0.3, 0.4) is 0 Å². The Morgan fingerprint density at radius 2 is 1.60 bits per heavy atom. The third kappa shape index (κ3) is 1.64. The minimum absolute atomic E-state index is 0.171. The van der Waals surface area contributed by atoms with Gasteiger partial charge in [-0.3, -0.25) is 0 Å². The van der Waals surface area contributed by atoms with Crippen LogP contribution in [0.4, 0.5) is 0 Å². The lowest BCUT2D eigenvalue weighted by Crippen LogP contribution is -2.52. The molecule has 2 heteroatoms. The van der Waals surface area contributed by atoms with Gasteiger partial charge in [-0.25, -0.2) is 0 Å². The van der Waals surface area contributed by atoms with Crippen LogP contribution in [0, 0.1) is 6.08 Å². The summed E-state index contributed by atoms with van der Waals surface area (Å²) in [4.78, 5) is 0. The van der Waals surface area contributed by atoms with Crippen LogP contribution < -0.4 is 0 Å². The third-order valence-electron chi connectivity index (χ3n) is 4.65. The number of hydrogen-bond acceptors (Lipinski definition) is 1. The Bertz CT molecular complexity index is 336. The molecule has 1 aliphatic rings. The number of nitrogens with zero attached hydrogens (tertiary/aromatic N) is 1. The van der Waals surface area contributed by atoms with Crippen molar-refractivity contribution < 1.29 is 0 Å². The second-order valence-corrected chi connectivity index (χ2v) is 10.6. The molecule has 15 heavy (non-hydrogen) atoms.